The molecule has 2 aliphatic rings. The van der Waals surface area contributed by atoms with E-state index in [1.165, 1.54) is 37.4 Å². The second-order valence-corrected chi connectivity index (χ2v) is 8.49. The monoisotopic (exact) mass is 369 g/mol. The van der Waals surface area contributed by atoms with Gasteiger partial charge >= 0.3 is 0 Å². The number of rotatable bonds is 8. The smallest absolute Gasteiger partial charge is 0.232 e. The quantitative estimate of drug-likeness (QED) is 0.714. The van der Waals surface area contributed by atoms with Crippen molar-refractivity contribution in [2.45, 2.75) is 57.4 Å². The Morgan fingerprint density at radius 2 is 1.76 bits per heavy atom. The predicted molar refractivity (Wildman–Crippen MR) is 105 cm³/mol. The molecule has 1 N–H and O–H groups in total. The van der Waals surface area contributed by atoms with Crippen molar-refractivity contribution < 1.29 is 9.59 Å². The van der Waals surface area contributed by atoms with Gasteiger partial charge in [-0.2, -0.15) is 0 Å². The van der Waals surface area contributed by atoms with Gasteiger partial charge < -0.3 is 15.1 Å². The summed E-state index contributed by atoms with van der Waals surface area (Å²) in [7, 11) is 3.92. The molecular formula is C19H35N3O2S. The lowest BCUT2D eigenvalue weighted by molar-refractivity contribution is -0.130. The number of thioether (sulfide) groups is 1. The first kappa shape index (κ1) is 20.6. The van der Waals surface area contributed by atoms with Gasteiger partial charge in [-0.25, -0.2) is 0 Å². The highest BCUT2D eigenvalue weighted by atomic mass is 32.2. The number of hydrogen-bond donors (Lipinski definition) is 1. The molecule has 5 nitrogen and oxygen atoms in total. The van der Waals surface area contributed by atoms with Crippen LogP contribution in [0.1, 0.15) is 51.4 Å². The fourth-order valence-electron chi connectivity index (χ4n) is 3.91. The summed E-state index contributed by atoms with van der Waals surface area (Å²) in [5, 5.41) is 3.20. The lowest BCUT2D eigenvalue weighted by Crippen LogP contribution is -2.41. The van der Waals surface area contributed by atoms with Crippen LogP contribution in [0, 0.1) is 5.92 Å². The zero-order valence-electron chi connectivity index (χ0n) is 16.0. The van der Waals surface area contributed by atoms with Gasteiger partial charge in [-0.1, -0.05) is 19.3 Å². The van der Waals surface area contributed by atoms with E-state index in [1.54, 1.807) is 0 Å². The van der Waals surface area contributed by atoms with E-state index in [2.05, 4.69) is 5.32 Å². The molecular weight excluding hydrogens is 334 g/mol. The van der Waals surface area contributed by atoms with E-state index in [1.807, 2.05) is 23.9 Å². The molecule has 0 unspecified atom stereocenters. The van der Waals surface area contributed by atoms with Gasteiger partial charge in [0, 0.05) is 26.2 Å². The van der Waals surface area contributed by atoms with Crippen molar-refractivity contribution >= 4 is 23.6 Å². The highest BCUT2D eigenvalue weighted by molar-refractivity contribution is 8.00. The van der Waals surface area contributed by atoms with Crippen LogP contribution in [0.15, 0.2) is 0 Å². The average Bonchev–Trinajstić information content (AvgIpc) is 2.66. The summed E-state index contributed by atoms with van der Waals surface area (Å²) in [4.78, 5) is 28.6. The third kappa shape index (κ3) is 6.81. The minimum Gasteiger partial charge on any atom is -0.342 e. The van der Waals surface area contributed by atoms with Crippen LogP contribution < -0.4 is 5.32 Å². The van der Waals surface area contributed by atoms with Crippen molar-refractivity contribution in [2.75, 3.05) is 45.2 Å². The fraction of sp³-hybridized carbons (Fsp3) is 0.895. The summed E-state index contributed by atoms with van der Waals surface area (Å²) in [6, 6.07) is 0.411. The summed E-state index contributed by atoms with van der Waals surface area (Å²) in [5.74, 6) is 1.98. The number of nitrogens with one attached hydrogen (secondary N) is 1. The first-order valence-electron chi connectivity index (χ1n) is 9.87. The van der Waals surface area contributed by atoms with E-state index in [9.17, 15) is 9.59 Å². The Kier molecular flexibility index (Phi) is 9.10. The zero-order valence-corrected chi connectivity index (χ0v) is 16.8. The number of carbonyl (C=O) groups excluding carboxylic acids is 2. The summed E-state index contributed by atoms with van der Waals surface area (Å²) < 4.78 is 0. The second-order valence-electron chi connectivity index (χ2n) is 7.51. The molecule has 2 amide bonds. The van der Waals surface area contributed by atoms with Crippen LogP contribution in [0.2, 0.25) is 0 Å². The summed E-state index contributed by atoms with van der Waals surface area (Å²) in [6.07, 6.45) is 9.46. The van der Waals surface area contributed by atoms with E-state index in [4.69, 9.17) is 0 Å². The molecule has 0 spiro atoms. The third-order valence-electron chi connectivity index (χ3n) is 5.74. The minimum absolute atomic E-state index is 0.176. The summed E-state index contributed by atoms with van der Waals surface area (Å²) >= 11 is 1.48. The van der Waals surface area contributed by atoms with Crippen LogP contribution in [0.5, 0.6) is 0 Å². The molecule has 0 aromatic rings. The van der Waals surface area contributed by atoms with Gasteiger partial charge in [0.15, 0.2) is 0 Å². The normalized spacial score (nSPS) is 19.8. The molecule has 144 valence electrons. The molecule has 2 rings (SSSR count). The maximum atomic E-state index is 12.3. The van der Waals surface area contributed by atoms with Gasteiger partial charge in [-0.05, 0) is 51.6 Å². The van der Waals surface area contributed by atoms with Crippen molar-refractivity contribution in [3.8, 4) is 0 Å². The minimum atomic E-state index is 0.176. The van der Waals surface area contributed by atoms with Crippen LogP contribution in [-0.2, 0) is 9.59 Å². The van der Waals surface area contributed by atoms with E-state index in [-0.39, 0.29) is 11.8 Å². The number of carbonyl (C=O) groups is 2. The van der Waals surface area contributed by atoms with Crippen molar-refractivity contribution in [1.29, 1.82) is 0 Å². The van der Waals surface area contributed by atoms with Gasteiger partial charge in [0.25, 0.3) is 0 Å². The van der Waals surface area contributed by atoms with E-state index in [0.717, 1.165) is 51.2 Å². The molecule has 0 aromatic carbocycles. The molecule has 1 saturated heterocycles. The molecule has 2 fully saturated rings. The van der Waals surface area contributed by atoms with E-state index < -0.39 is 0 Å². The molecule has 25 heavy (non-hydrogen) atoms. The van der Waals surface area contributed by atoms with Gasteiger partial charge in [0.05, 0.1) is 11.5 Å². The molecule has 0 atom stereocenters. The molecule has 1 aliphatic carbocycles. The van der Waals surface area contributed by atoms with Crippen LogP contribution in [0.4, 0.5) is 0 Å². The molecule has 1 aliphatic heterocycles. The van der Waals surface area contributed by atoms with Crippen LogP contribution in [0.25, 0.3) is 0 Å². The Labute approximate surface area is 157 Å². The Balaban J connectivity index is 1.61. The Bertz CT molecular complexity index is 419. The first-order valence-corrected chi connectivity index (χ1v) is 11.0. The SMILES string of the molecule is CNCCC1CCN(C(=O)CSCC(=O)N(C)C2CCCCC2)CC1. The van der Waals surface area contributed by atoms with Gasteiger partial charge in [0.1, 0.15) is 0 Å². The number of hydrogen-bond acceptors (Lipinski definition) is 4. The Morgan fingerprint density at radius 1 is 1.08 bits per heavy atom. The molecule has 1 heterocycles. The number of nitrogens with zero attached hydrogens (tertiary/aromatic N) is 2. The summed E-state index contributed by atoms with van der Waals surface area (Å²) in [5.41, 5.74) is 0. The average molecular weight is 370 g/mol. The van der Waals surface area contributed by atoms with Crippen LogP contribution in [-0.4, -0.2) is 72.9 Å². The van der Waals surface area contributed by atoms with Crippen molar-refractivity contribution in [3.63, 3.8) is 0 Å². The van der Waals surface area contributed by atoms with Crippen molar-refractivity contribution in [2.24, 2.45) is 5.92 Å². The Hall–Kier alpha value is -0.750. The number of piperidine rings is 1. The highest BCUT2D eigenvalue weighted by Crippen LogP contribution is 2.23. The molecule has 1 saturated carbocycles. The van der Waals surface area contributed by atoms with Crippen molar-refractivity contribution in [1.82, 2.24) is 15.1 Å². The second kappa shape index (κ2) is 11.1. The summed E-state index contributed by atoms with van der Waals surface area (Å²) in [6.45, 7) is 2.82. The third-order valence-corrected chi connectivity index (χ3v) is 6.64. The highest BCUT2D eigenvalue weighted by Gasteiger charge is 2.24. The lowest BCUT2D eigenvalue weighted by Gasteiger charge is -2.32. The van der Waals surface area contributed by atoms with Gasteiger partial charge in [0.2, 0.25) is 11.8 Å². The predicted octanol–water partition coefficient (Wildman–Crippen LogP) is 2.36. The van der Waals surface area contributed by atoms with Crippen molar-refractivity contribution in [3.05, 3.63) is 0 Å². The topological polar surface area (TPSA) is 52.7 Å². The van der Waals surface area contributed by atoms with E-state index >= 15 is 0 Å². The zero-order chi connectivity index (χ0) is 18.1. The number of likely N-dealkylation sites (tertiary alicyclic amines) is 1. The van der Waals surface area contributed by atoms with E-state index in [0.29, 0.717) is 17.5 Å². The molecule has 0 aromatic heterocycles. The maximum absolute atomic E-state index is 12.3. The largest absolute Gasteiger partial charge is 0.342 e. The first-order chi connectivity index (χ1) is 12.1. The van der Waals surface area contributed by atoms with Gasteiger partial charge in [-0.3, -0.25) is 9.59 Å². The number of amides is 2. The Morgan fingerprint density at radius 3 is 2.40 bits per heavy atom. The van der Waals surface area contributed by atoms with Crippen LogP contribution in [0.3, 0.4) is 0 Å². The van der Waals surface area contributed by atoms with Crippen LogP contribution >= 0.6 is 11.8 Å². The fourth-order valence-corrected chi connectivity index (χ4v) is 4.75. The standard InChI is InChI=1S/C19H35N3O2S/c1-20-11-8-16-9-12-22(13-10-16)19(24)15-25-14-18(23)21(2)17-6-4-3-5-7-17/h16-17,20H,3-15H2,1-2H3. The molecule has 6 heteroatoms. The lowest BCUT2D eigenvalue weighted by atomic mass is 9.93. The van der Waals surface area contributed by atoms with Gasteiger partial charge in [-0.15, -0.1) is 11.8 Å². The maximum Gasteiger partial charge on any atom is 0.232 e. The molecule has 0 radical (unpaired) electrons. The molecule has 0 bridgehead atoms.